The van der Waals surface area contributed by atoms with Gasteiger partial charge in [-0.15, -0.1) is 0 Å². The van der Waals surface area contributed by atoms with Crippen LogP contribution in [0.15, 0.2) is 12.3 Å². The Balaban J connectivity index is 2.48. The van der Waals surface area contributed by atoms with Crippen LogP contribution in [0, 0.1) is 0 Å². The molecule has 0 saturated carbocycles. The van der Waals surface area contributed by atoms with Gasteiger partial charge in [0.15, 0.2) is 10.8 Å². The molecule has 102 valence electrons. The first-order valence-corrected chi connectivity index (χ1v) is 7.00. The molecular formula is C13H17N3O2S. The molecule has 2 aromatic rings. The fourth-order valence-corrected chi connectivity index (χ4v) is 3.31. The second kappa shape index (κ2) is 5.13. The number of nitrogens with zero attached hydrogens (tertiary/aromatic N) is 3. The average Bonchev–Trinajstić information content (AvgIpc) is 2.69. The summed E-state index contributed by atoms with van der Waals surface area (Å²) in [5, 5.41) is 9.85. The fourth-order valence-electron chi connectivity index (χ4n) is 2.07. The van der Waals surface area contributed by atoms with Gasteiger partial charge in [0.05, 0.1) is 10.3 Å². The van der Waals surface area contributed by atoms with E-state index in [1.54, 1.807) is 6.07 Å². The van der Waals surface area contributed by atoms with Crippen molar-refractivity contribution >= 4 is 32.8 Å². The molecule has 0 aliphatic carbocycles. The number of aromatic carboxylic acids is 1. The maximum atomic E-state index is 10.9. The highest BCUT2D eigenvalue weighted by Gasteiger charge is 2.19. The lowest BCUT2D eigenvalue weighted by Gasteiger charge is -2.30. The highest BCUT2D eigenvalue weighted by Crippen LogP contribution is 2.30. The summed E-state index contributed by atoms with van der Waals surface area (Å²) >= 11 is 1.48. The number of anilines is 1. The van der Waals surface area contributed by atoms with Crippen LogP contribution in [0.5, 0.6) is 0 Å². The highest BCUT2D eigenvalue weighted by molar-refractivity contribution is 7.22. The molecule has 0 aromatic carbocycles. The Hall–Kier alpha value is -1.69. The molecule has 0 aliphatic rings. The first-order valence-electron chi connectivity index (χ1n) is 6.18. The van der Waals surface area contributed by atoms with Gasteiger partial charge in [-0.05, 0) is 33.8 Å². The van der Waals surface area contributed by atoms with Crippen molar-refractivity contribution in [3.05, 3.63) is 17.8 Å². The Morgan fingerprint density at radius 1 is 1.32 bits per heavy atom. The SMILES string of the molecule is CC(C)N(c1nc2ncc(C(=O)O)cc2s1)C(C)C. The van der Waals surface area contributed by atoms with Gasteiger partial charge in [0.1, 0.15) is 0 Å². The second-order valence-electron chi connectivity index (χ2n) is 4.94. The standard InChI is InChI=1S/C13H17N3O2S/c1-7(2)16(8(3)4)13-15-11-10(19-13)5-9(6-14-11)12(17)18/h5-8H,1-4H3,(H,17,18). The molecule has 6 heteroatoms. The Morgan fingerprint density at radius 2 is 1.95 bits per heavy atom. The van der Waals surface area contributed by atoms with Gasteiger partial charge >= 0.3 is 5.97 Å². The minimum absolute atomic E-state index is 0.198. The number of pyridine rings is 1. The lowest BCUT2D eigenvalue weighted by Crippen LogP contribution is -2.36. The summed E-state index contributed by atoms with van der Waals surface area (Å²) in [6.45, 7) is 8.45. The molecule has 2 aromatic heterocycles. The number of rotatable bonds is 4. The molecular weight excluding hydrogens is 262 g/mol. The molecule has 0 radical (unpaired) electrons. The van der Waals surface area contributed by atoms with E-state index in [0.717, 1.165) is 9.83 Å². The van der Waals surface area contributed by atoms with Gasteiger partial charge in [0.25, 0.3) is 0 Å². The first kappa shape index (κ1) is 13.7. The molecule has 0 unspecified atom stereocenters. The van der Waals surface area contributed by atoms with Crippen LogP contribution in [-0.2, 0) is 0 Å². The molecule has 5 nitrogen and oxygen atoms in total. The van der Waals surface area contributed by atoms with E-state index >= 15 is 0 Å². The first-order chi connectivity index (χ1) is 8.90. The molecule has 0 aliphatic heterocycles. The molecule has 0 saturated heterocycles. The van der Waals surface area contributed by atoms with Crippen molar-refractivity contribution in [2.45, 2.75) is 39.8 Å². The predicted molar refractivity (Wildman–Crippen MR) is 77.1 cm³/mol. The lowest BCUT2D eigenvalue weighted by atomic mass is 10.2. The third kappa shape index (κ3) is 2.68. The maximum absolute atomic E-state index is 10.9. The Kier molecular flexibility index (Phi) is 3.71. The van der Waals surface area contributed by atoms with E-state index in [4.69, 9.17) is 5.11 Å². The average molecular weight is 279 g/mol. The minimum atomic E-state index is -0.964. The molecule has 19 heavy (non-hydrogen) atoms. The van der Waals surface area contributed by atoms with Crippen LogP contribution in [-0.4, -0.2) is 33.1 Å². The monoisotopic (exact) mass is 279 g/mol. The van der Waals surface area contributed by atoms with Crippen LogP contribution in [0.25, 0.3) is 10.3 Å². The second-order valence-corrected chi connectivity index (χ2v) is 5.95. The van der Waals surface area contributed by atoms with Crippen molar-refractivity contribution in [1.82, 2.24) is 9.97 Å². The Bertz CT molecular complexity index is 599. The summed E-state index contributed by atoms with van der Waals surface area (Å²) in [7, 11) is 0. The van der Waals surface area contributed by atoms with E-state index in [9.17, 15) is 4.79 Å². The third-order valence-corrected chi connectivity index (χ3v) is 3.82. The maximum Gasteiger partial charge on any atom is 0.337 e. The van der Waals surface area contributed by atoms with Crippen molar-refractivity contribution in [2.75, 3.05) is 4.90 Å². The van der Waals surface area contributed by atoms with Crippen molar-refractivity contribution < 1.29 is 9.90 Å². The highest BCUT2D eigenvalue weighted by atomic mass is 32.1. The van der Waals surface area contributed by atoms with Gasteiger partial charge < -0.3 is 10.0 Å². The van der Waals surface area contributed by atoms with E-state index in [0.29, 0.717) is 17.7 Å². The van der Waals surface area contributed by atoms with Gasteiger partial charge in [0, 0.05) is 18.3 Å². The van der Waals surface area contributed by atoms with Gasteiger partial charge in [-0.1, -0.05) is 11.3 Å². The van der Waals surface area contributed by atoms with E-state index in [1.807, 2.05) is 0 Å². The Morgan fingerprint density at radius 3 is 2.47 bits per heavy atom. The minimum Gasteiger partial charge on any atom is -0.478 e. The van der Waals surface area contributed by atoms with Crippen molar-refractivity contribution in [2.24, 2.45) is 0 Å². The lowest BCUT2D eigenvalue weighted by molar-refractivity contribution is 0.0696. The summed E-state index contributed by atoms with van der Waals surface area (Å²) in [5.74, 6) is -0.964. The number of thiazole rings is 1. The quantitative estimate of drug-likeness (QED) is 0.932. The van der Waals surface area contributed by atoms with Crippen LogP contribution in [0.2, 0.25) is 0 Å². The molecule has 1 N–H and O–H groups in total. The molecule has 0 spiro atoms. The van der Waals surface area contributed by atoms with Gasteiger partial charge in [0.2, 0.25) is 0 Å². The Labute approximate surface area is 115 Å². The number of carbonyl (C=O) groups is 1. The van der Waals surface area contributed by atoms with Crippen molar-refractivity contribution in [3.63, 3.8) is 0 Å². The largest absolute Gasteiger partial charge is 0.478 e. The third-order valence-electron chi connectivity index (χ3n) is 2.82. The van der Waals surface area contributed by atoms with Crippen LogP contribution in [0.3, 0.4) is 0 Å². The normalized spacial score (nSPS) is 11.5. The number of hydrogen-bond donors (Lipinski definition) is 1. The molecule has 0 fully saturated rings. The number of aromatic nitrogens is 2. The van der Waals surface area contributed by atoms with Gasteiger partial charge in [-0.2, -0.15) is 4.98 Å². The summed E-state index contributed by atoms with van der Waals surface area (Å²) in [5.41, 5.74) is 0.805. The van der Waals surface area contributed by atoms with Crippen LogP contribution >= 0.6 is 11.3 Å². The predicted octanol–water partition coefficient (Wildman–Crippen LogP) is 3.01. The van der Waals surface area contributed by atoms with E-state index < -0.39 is 5.97 Å². The fraction of sp³-hybridized carbons (Fsp3) is 0.462. The van der Waals surface area contributed by atoms with Crippen molar-refractivity contribution in [1.29, 1.82) is 0 Å². The summed E-state index contributed by atoms with van der Waals surface area (Å²) in [6, 6.07) is 2.30. The molecule has 0 bridgehead atoms. The van der Waals surface area contributed by atoms with E-state index in [2.05, 4.69) is 42.6 Å². The smallest absolute Gasteiger partial charge is 0.337 e. The van der Waals surface area contributed by atoms with Crippen molar-refractivity contribution in [3.8, 4) is 0 Å². The van der Waals surface area contributed by atoms with Crippen LogP contribution < -0.4 is 4.90 Å². The summed E-state index contributed by atoms with van der Waals surface area (Å²) in [6.07, 6.45) is 1.35. The van der Waals surface area contributed by atoms with Crippen LogP contribution in [0.4, 0.5) is 5.13 Å². The molecule has 2 heterocycles. The summed E-state index contributed by atoms with van der Waals surface area (Å²) < 4.78 is 0.807. The summed E-state index contributed by atoms with van der Waals surface area (Å²) in [4.78, 5) is 21.7. The van der Waals surface area contributed by atoms with E-state index in [-0.39, 0.29) is 5.56 Å². The molecule has 2 rings (SSSR count). The number of carboxylic acids is 1. The van der Waals surface area contributed by atoms with E-state index in [1.165, 1.54) is 17.5 Å². The zero-order chi connectivity index (χ0) is 14.2. The number of carboxylic acid groups (broad SMARTS) is 1. The van der Waals surface area contributed by atoms with Gasteiger partial charge in [-0.25, -0.2) is 9.78 Å². The number of hydrogen-bond acceptors (Lipinski definition) is 5. The zero-order valence-electron chi connectivity index (χ0n) is 11.4. The molecule has 0 atom stereocenters. The van der Waals surface area contributed by atoms with Gasteiger partial charge in [-0.3, -0.25) is 0 Å². The topological polar surface area (TPSA) is 66.3 Å². The van der Waals surface area contributed by atoms with Crippen LogP contribution in [0.1, 0.15) is 38.1 Å². The number of fused-ring (bicyclic) bond motifs is 1. The molecule has 0 amide bonds. The zero-order valence-corrected chi connectivity index (χ0v) is 12.2.